The van der Waals surface area contributed by atoms with Crippen molar-refractivity contribution in [1.29, 1.82) is 0 Å². The van der Waals surface area contributed by atoms with E-state index >= 15 is 0 Å². The number of halogens is 3. The quantitative estimate of drug-likeness (QED) is 0.798. The first kappa shape index (κ1) is 10.4. The lowest BCUT2D eigenvalue weighted by Crippen LogP contribution is -1.99. The zero-order valence-electron chi connectivity index (χ0n) is 7.92. The summed E-state index contributed by atoms with van der Waals surface area (Å²) in [4.78, 5) is 7.37. The first-order valence-electron chi connectivity index (χ1n) is 4.34. The number of aromatic nitrogens is 2. The normalized spacial score (nSPS) is 10.2. The summed E-state index contributed by atoms with van der Waals surface area (Å²) in [6.07, 6.45) is 4.06. The summed E-state index contributed by atoms with van der Waals surface area (Å²) in [5.74, 6) is -4.02. The third-order valence-corrected chi connectivity index (χ3v) is 1.87. The molecule has 1 aromatic heterocycles. The average Bonchev–Trinajstić information content (AvgIpc) is 2.31. The van der Waals surface area contributed by atoms with Gasteiger partial charge in [0.15, 0.2) is 17.5 Å². The van der Waals surface area contributed by atoms with Crippen LogP contribution in [-0.4, -0.2) is 9.97 Å². The van der Waals surface area contributed by atoms with Gasteiger partial charge in [0.2, 0.25) is 0 Å². The van der Waals surface area contributed by atoms with Gasteiger partial charge in [-0.2, -0.15) is 0 Å². The molecule has 0 atom stereocenters. The Kier molecular flexibility index (Phi) is 2.72. The smallest absolute Gasteiger partial charge is 0.196 e. The van der Waals surface area contributed by atoms with E-state index in [4.69, 9.17) is 0 Å². The van der Waals surface area contributed by atoms with Crippen LogP contribution in [0.2, 0.25) is 0 Å². The molecule has 0 saturated heterocycles. The van der Waals surface area contributed by atoms with Crippen molar-refractivity contribution in [2.45, 2.75) is 0 Å². The van der Waals surface area contributed by atoms with Crippen LogP contribution in [0.25, 0.3) is 0 Å². The van der Waals surface area contributed by atoms with Gasteiger partial charge in [-0.05, 0) is 12.1 Å². The molecule has 0 fully saturated rings. The van der Waals surface area contributed by atoms with E-state index in [0.29, 0.717) is 5.69 Å². The Morgan fingerprint density at radius 3 is 2.31 bits per heavy atom. The monoisotopic (exact) mass is 225 g/mol. The SMILES string of the molecule is Fc1ccc(Nc2cncnc2)c(F)c1F. The van der Waals surface area contributed by atoms with Crippen molar-refractivity contribution < 1.29 is 13.2 Å². The second kappa shape index (κ2) is 4.18. The Morgan fingerprint density at radius 2 is 1.62 bits per heavy atom. The van der Waals surface area contributed by atoms with Crippen LogP contribution in [0, 0.1) is 17.5 Å². The molecule has 2 aromatic rings. The fourth-order valence-electron chi connectivity index (χ4n) is 1.14. The molecule has 6 heteroatoms. The highest BCUT2D eigenvalue weighted by molar-refractivity contribution is 5.58. The van der Waals surface area contributed by atoms with Crippen molar-refractivity contribution in [2.75, 3.05) is 5.32 Å². The zero-order valence-corrected chi connectivity index (χ0v) is 7.92. The Labute approximate surface area is 89.0 Å². The van der Waals surface area contributed by atoms with Crippen molar-refractivity contribution in [2.24, 2.45) is 0 Å². The van der Waals surface area contributed by atoms with E-state index in [2.05, 4.69) is 15.3 Å². The maximum atomic E-state index is 13.2. The van der Waals surface area contributed by atoms with Gasteiger partial charge in [-0.1, -0.05) is 0 Å². The minimum Gasteiger partial charge on any atom is -0.351 e. The van der Waals surface area contributed by atoms with Gasteiger partial charge in [0, 0.05) is 0 Å². The van der Waals surface area contributed by atoms with Gasteiger partial charge in [-0.25, -0.2) is 23.1 Å². The van der Waals surface area contributed by atoms with Gasteiger partial charge < -0.3 is 5.32 Å². The lowest BCUT2D eigenvalue weighted by atomic mass is 10.2. The Morgan fingerprint density at radius 1 is 0.938 bits per heavy atom. The number of hydrogen-bond acceptors (Lipinski definition) is 3. The molecule has 82 valence electrons. The molecule has 0 aliphatic rings. The number of nitrogens with zero attached hydrogens (tertiary/aromatic N) is 2. The molecule has 0 amide bonds. The van der Waals surface area contributed by atoms with E-state index < -0.39 is 17.5 Å². The molecular weight excluding hydrogens is 219 g/mol. The van der Waals surface area contributed by atoms with Crippen LogP contribution in [0.1, 0.15) is 0 Å². The zero-order chi connectivity index (χ0) is 11.5. The minimum absolute atomic E-state index is 0.172. The number of rotatable bonds is 2. The second-order valence-corrected chi connectivity index (χ2v) is 2.98. The van der Waals surface area contributed by atoms with Gasteiger partial charge in [0.1, 0.15) is 6.33 Å². The standard InChI is InChI=1S/C10H6F3N3/c11-7-1-2-8(10(13)9(7)12)16-6-3-14-5-15-4-6/h1-5,16H. The van der Waals surface area contributed by atoms with E-state index in [9.17, 15) is 13.2 Å². The Balaban J connectivity index is 2.33. The summed E-state index contributed by atoms with van der Waals surface area (Å²) in [5.41, 5.74) is 0.209. The highest BCUT2D eigenvalue weighted by Crippen LogP contribution is 2.22. The lowest BCUT2D eigenvalue weighted by Gasteiger charge is -2.07. The van der Waals surface area contributed by atoms with Gasteiger partial charge >= 0.3 is 0 Å². The number of benzene rings is 1. The van der Waals surface area contributed by atoms with E-state index in [1.807, 2.05) is 0 Å². The molecule has 0 bridgehead atoms. The van der Waals surface area contributed by atoms with Crippen molar-refractivity contribution in [3.63, 3.8) is 0 Å². The van der Waals surface area contributed by atoms with Crippen molar-refractivity contribution >= 4 is 11.4 Å². The first-order chi connectivity index (χ1) is 7.68. The third kappa shape index (κ3) is 1.95. The molecule has 2 rings (SSSR count). The molecule has 0 spiro atoms. The molecule has 0 radical (unpaired) electrons. The first-order valence-corrected chi connectivity index (χ1v) is 4.34. The number of anilines is 2. The van der Waals surface area contributed by atoms with E-state index in [1.165, 1.54) is 18.7 Å². The average molecular weight is 225 g/mol. The molecule has 1 aromatic carbocycles. The molecule has 1 heterocycles. The third-order valence-electron chi connectivity index (χ3n) is 1.87. The van der Waals surface area contributed by atoms with Crippen LogP contribution in [0.5, 0.6) is 0 Å². The molecule has 3 nitrogen and oxygen atoms in total. The molecular formula is C10H6F3N3. The van der Waals surface area contributed by atoms with Crippen LogP contribution in [0.15, 0.2) is 30.9 Å². The number of hydrogen-bond donors (Lipinski definition) is 1. The molecule has 0 aliphatic carbocycles. The van der Waals surface area contributed by atoms with Crippen LogP contribution in [0.3, 0.4) is 0 Å². The van der Waals surface area contributed by atoms with Crippen molar-refractivity contribution in [3.05, 3.63) is 48.3 Å². The summed E-state index contributed by atoms with van der Waals surface area (Å²) < 4.78 is 38.7. The number of nitrogens with one attached hydrogen (secondary N) is 1. The van der Waals surface area contributed by atoms with E-state index in [1.54, 1.807) is 0 Å². The predicted molar refractivity (Wildman–Crippen MR) is 51.6 cm³/mol. The van der Waals surface area contributed by atoms with E-state index in [0.717, 1.165) is 12.1 Å². The highest BCUT2D eigenvalue weighted by Gasteiger charge is 2.13. The Bertz CT molecular complexity index is 502. The van der Waals surface area contributed by atoms with Crippen LogP contribution >= 0.6 is 0 Å². The summed E-state index contributed by atoms with van der Waals surface area (Å²) in [5, 5.41) is 2.53. The molecule has 0 saturated carbocycles. The predicted octanol–water partition coefficient (Wildman–Crippen LogP) is 2.64. The summed E-state index contributed by atoms with van der Waals surface area (Å²) in [6, 6.07) is 1.94. The summed E-state index contributed by atoms with van der Waals surface area (Å²) >= 11 is 0. The van der Waals surface area contributed by atoms with Crippen molar-refractivity contribution in [1.82, 2.24) is 9.97 Å². The van der Waals surface area contributed by atoms with E-state index in [-0.39, 0.29) is 5.69 Å². The maximum absolute atomic E-state index is 13.2. The summed E-state index contributed by atoms with van der Waals surface area (Å²) in [6.45, 7) is 0. The van der Waals surface area contributed by atoms with Gasteiger partial charge in [0.05, 0.1) is 23.8 Å². The molecule has 1 N–H and O–H groups in total. The molecule has 0 unspecified atom stereocenters. The fourth-order valence-corrected chi connectivity index (χ4v) is 1.14. The highest BCUT2D eigenvalue weighted by atomic mass is 19.2. The maximum Gasteiger partial charge on any atom is 0.196 e. The topological polar surface area (TPSA) is 37.8 Å². The van der Waals surface area contributed by atoms with Crippen LogP contribution in [0.4, 0.5) is 24.5 Å². The molecule has 0 aliphatic heterocycles. The van der Waals surface area contributed by atoms with Gasteiger partial charge in [-0.15, -0.1) is 0 Å². The van der Waals surface area contributed by atoms with Gasteiger partial charge in [-0.3, -0.25) is 0 Å². The second-order valence-electron chi connectivity index (χ2n) is 2.98. The largest absolute Gasteiger partial charge is 0.351 e. The van der Waals surface area contributed by atoms with Crippen LogP contribution in [-0.2, 0) is 0 Å². The summed E-state index contributed by atoms with van der Waals surface area (Å²) in [7, 11) is 0. The molecule has 16 heavy (non-hydrogen) atoms. The Hall–Kier alpha value is -2.11. The lowest BCUT2D eigenvalue weighted by molar-refractivity contribution is 0.449. The van der Waals surface area contributed by atoms with Gasteiger partial charge in [0.25, 0.3) is 0 Å². The van der Waals surface area contributed by atoms with Crippen LogP contribution < -0.4 is 5.32 Å². The van der Waals surface area contributed by atoms with Crippen molar-refractivity contribution in [3.8, 4) is 0 Å². The minimum atomic E-state index is -1.51. The fraction of sp³-hybridized carbons (Fsp3) is 0.